The van der Waals surface area contributed by atoms with E-state index >= 15 is 0 Å². The lowest BCUT2D eigenvalue weighted by molar-refractivity contribution is -0.205. The summed E-state index contributed by atoms with van der Waals surface area (Å²) in [5, 5.41) is 39.1. The molecule has 11 nitrogen and oxygen atoms in total. The number of hydrogen-bond acceptors (Lipinski definition) is 9. The highest BCUT2D eigenvalue weighted by Gasteiger charge is 2.49. The van der Waals surface area contributed by atoms with Crippen molar-refractivity contribution in [3.63, 3.8) is 0 Å². The normalized spacial score (nSPS) is 38.7. The molecule has 3 rings (SSSR count). The number of hydrogen-bond donors (Lipinski definition) is 6. The molecular weight excluding hydrogens is 476 g/mol. The van der Waals surface area contributed by atoms with Crippen LogP contribution in [0.4, 0.5) is 4.79 Å². The number of rotatable bonds is 6. The Morgan fingerprint density at radius 3 is 2.64 bits per heavy atom. The Balaban J connectivity index is 1.68. The van der Waals surface area contributed by atoms with E-state index < -0.39 is 53.4 Å². The minimum Gasteiger partial charge on any atom is -0.388 e. The van der Waals surface area contributed by atoms with Crippen molar-refractivity contribution in [2.24, 2.45) is 5.92 Å². The Morgan fingerprint density at radius 1 is 1.27 bits per heavy atom. The van der Waals surface area contributed by atoms with Gasteiger partial charge >= 0.3 is 6.03 Å². The van der Waals surface area contributed by atoms with Crippen LogP contribution in [0.3, 0.4) is 0 Å². The standard InChI is InChI=1S/C20H35ClN4O7S/c1-4-22-20(30)25-5-6-31-16-10(8-25)7-23-12(16)18(29)24-11(9(2)21)17-14(27)13(26)15(28)19(32-17)33-3/h9-17,19,23,26-28H,4-8H2,1-3H3,(H,22,30)(H,24,29)/t9-,10+,11+,12-,13?,14-,15+,16+,17+,19?/m0/s1. The van der Waals surface area contributed by atoms with Crippen LogP contribution in [0, 0.1) is 5.92 Å². The van der Waals surface area contributed by atoms with Gasteiger partial charge in [0.25, 0.3) is 0 Å². The predicted octanol–water partition coefficient (Wildman–Crippen LogP) is -1.71. The summed E-state index contributed by atoms with van der Waals surface area (Å²) >= 11 is 7.55. The van der Waals surface area contributed by atoms with E-state index in [1.165, 1.54) is 11.8 Å². The fourth-order valence-corrected chi connectivity index (χ4v) is 5.51. The van der Waals surface area contributed by atoms with Crippen molar-refractivity contribution in [2.75, 3.05) is 39.0 Å². The van der Waals surface area contributed by atoms with Gasteiger partial charge in [-0.3, -0.25) is 4.79 Å². The lowest BCUT2D eigenvalue weighted by atomic mass is 9.92. The fraction of sp³-hybridized carbons (Fsp3) is 0.900. The van der Waals surface area contributed by atoms with Gasteiger partial charge in [0.05, 0.1) is 24.1 Å². The van der Waals surface area contributed by atoms with Crippen molar-refractivity contribution in [1.82, 2.24) is 20.9 Å². The van der Waals surface area contributed by atoms with Crippen molar-refractivity contribution in [1.29, 1.82) is 0 Å². The second kappa shape index (κ2) is 11.7. The zero-order chi connectivity index (χ0) is 24.3. The summed E-state index contributed by atoms with van der Waals surface area (Å²) in [5.74, 6) is -0.435. The number of alkyl halides is 1. The lowest BCUT2D eigenvalue weighted by Gasteiger charge is -2.44. The van der Waals surface area contributed by atoms with E-state index in [0.717, 1.165) is 0 Å². The van der Waals surface area contributed by atoms with E-state index in [2.05, 4.69) is 16.0 Å². The van der Waals surface area contributed by atoms with E-state index in [-0.39, 0.29) is 17.9 Å². The first-order valence-electron chi connectivity index (χ1n) is 11.2. The van der Waals surface area contributed by atoms with Crippen LogP contribution in [0.25, 0.3) is 0 Å². The first kappa shape index (κ1) is 26.7. The molecule has 0 spiro atoms. The average molecular weight is 511 g/mol. The average Bonchev–Trinajstić information content (AvgIpc) is 3.06. The summed E-state index contributed by atoms with van der Waals surface area (Å²) in [6, 6.07) is -1.66. The van der Waals surface area contributed by atoms with E-state index in [1.807, 2.05) is 6.92 Å². The molecule has 0 aromatic heterocycles. The van der Waals surface area contributed by atoms with Gasteiger partial charge in [-0.1, -0.05) is 0 Å². The van der Waals surface area contributed by atoms with Crippen LogP contribution in [0.5, 0.6) is 0 Å². The molecule has 0 aromatic carbocycles. The van der Waals surface area contributed by atoms with Gasteiger partial charge in [0.2, 0.25) is 5.91 Å². The SMILES string of the molecule is CCNC(=O)N1CCO[C@@H]2[C@H](CN[C@@H]2C(=O)N[C@@H]([C@H]2OC(SC)[C@H](O)C(O)[C@@H]2O)[C@H](C)Cl)C1. The van der Waals surface area contributed by atoms with Crippen LogP contribution < -0.4 is 16.0 Å². The third-order valence-corrected chi connectivity index (χ3v) is 7.54. The maximum atomic E-state index is 13.2. The summed E-state index contributed by atoms with van der Waals surface area (Å²) in [5.41, 5.74) is -0.775. The van der Waals surface area contributed by atoms with Crippen molar-refractivity contribution in [3.05, 3.63) is 0 Å². The zero-order valence-electron chi connectivity index (χ0n) is 19.0. The lowest BCUT2D eigenvalue weighted by Crippen LogP contribution is -2.65. The van der Waals surface area contributed by atoms with Crippen LogP contribution in [-0.4, -0.2) is 125 Å². The van der Waals surface area contributed by atoms with Gasteiger partial charge in [-0.25, -0.2) is 4.79 Å². The Morgan fingerprint density at radius 2 is 2.00 bits per heavy atom. The number of halogens is 1. The van der Waals surface area contributed by atoms with Gasteiger partial charge in [0.15, 0.2) is 0 Å². The highest BCUT2D eigenvalue weighted by Crippen LogP contribution is 2.30. The predicted molar refractivity (Wildman–Crippen MR) is 123 cm³/mol. The summed E-state index contributed by atoms with van der Waals surface area (Å²) < 4.78 is 11.8. The highest BCUT2D eigenvalue weighted by atomic mass is 35.5. The maximum Gasteiger partial charge on any atom is 0.317 e. The number of thioether (sulfide) groups is 1. The van der Waals surface area contributed by atoms with Crippen molar-refractivity contribution < 1.29 is 34.4 Å². The Hall–Kier alpha value is -0.860. The van der Waals surface area contributed by atoms with Crippen molar-refractivity contribution >= 4 is 35.3 Å². The number of aliphatic hydroxyl groups is 3. The van der Waals surface area contributed by atoms with Gasteiger partial charge in [-0.2, -0.15) is 0 Å². The second-order valence-electron chi connectivity index (χ2n) is 8.65. The quantitative estimate of drug-likeness (QED) is 0.229. The number of carbonyl (C=O) groups is 2. The van der Waals surface area contributed by atoms with E-state index in [4.69, 9.17) is 21.1 Å². The topological polar surface area (TPSA) is 153 Å². The third-order valence-electron chi connectivity index (χ3n) is 6.41. The minimum absolute atomic E-state index is 0.0629. The summed E-state index contributed by atoms with van der Waals surface area (Å²) in [7, 11) is 0. The smallest absolute Gasteiger partial charge is 0.317 e. The maximum absolute atomic E-state index is 13.2. The van der Waals surface area contributed by atoms with Gasteiger partial charge in [0.1, 0.15) is 35.9 Å². The number of ether oxygens (including phenoxy) is 2. The number of aliphatic hydroxyl groups excluding tert-OH is 3. The molecule has 6 N–H and O–H groups in total. The van der Waals surface area contributed by atoms with Gasteiger partial charge in [-0.05, 0) is 20.1 Å². The Kier molecular flexibility index (Phi) is 9.49. The molecule has 0 bridgehead atoms. The van der Waals surface area contributed by atoms with E-state index in [1.54, 1.807) is 18.1 Å². The first-order chi connectivity index (χ1) is 15.7. The molecule has 3 aliphatic heterocycles. The van der Waals surface area contributed by atoms with Crippen molar-refractivity contribution in [2.45, 2.75) is 67.3 Å². The number of urea groups is 1. The molecule has 13 heteroatoms. The van der Waals surface area contributed by atoms with E-state index in [9.17, 15) is 24.9 Å². The number of fused-ring (bicyclic) bond motifs is 1. The molecule has 33 heavy (non-hydrogen) atoms. The van der Waals surface area contributed by atoms with Gasteiger partial charge < -0.3 is 45.6 Å². The molecule has 2 unspecified atom stereocenters. The largest absolute Gasteiger partial charge is 0.388 e. The first-order valence-corrected chi connectivity index (χ1v) is 13.0. The van der Waals surface area contributed by atoms with Crippen LogP contribution >= 0.6 is 23.4 Å². The van der Waals surface area contributed by atoms with Crippen LogP contribution in [0.2, 0.25) is 0 Å². The Bertz CT molecular complexity index is 691. The summed E-state index contributed by atoms with van der Waals surface area (Å²) in [4.78, 5) is 27.2. The minimum atomic E-state index is -1.43. The molecule has 3 aliphatic rings. The summed E-state index contributed by atoms with van der Waals surface area (Å²) in [6.45, 7) is 5.76. The zero-order valence-corrected chi connectivity index (χ0v) is 20.6. The van der Waals surface area contributed by atoms with Crippen molar-refractivity contribution in [3.8, 4) is 0 Å². The monoisotopic (exact) mass is 510 g/mol. The molecule has 3 amide bonds. The molecule has 0 saturated carbocycles. The van der Waals surface area contributed by atoms with Crippen LogP contribution in [-0.2, 0) is 14.3 Å². The highest BCUT2D eigenvalue weighted by molar-refractivity contribution is 7.99. The van der Waals surface area contributed by atoms with Gasteiger partial charge in [0, 0.05) is 32.1 Å². The molecule has 10 atom stereocenters. The van der Waals surface area contributed by atoms with Crippen LogP contribution in [0.15, 0.2) is 0 Å². The third kappa shape index (κ3) is 5.87. The molecule has 3 saturated heterocycles. The molecule has 3 heterocycles. The molecular formula is C20H35ClN4O7S. The second-order valence-corrected chi connectivity index (χ2v) is 10.3. The number of amides is 3. The molecule has 190 valence electrons. The summed E-state index contributed by atoms with van der Waals surface area (Å²) in [6.07, 6.45) is -3.87. The fourth-order valence-electron chi connectivity index (χ4n) is 4.62. The van der Waals surface area contributed by atoms with E-state index in [0.29, 0.717) is 32.8 Å². The molecule has 0 aliphatic carbocycles. The molecule has 0 aromatic rings. The van der Waals surface area contributed by atoms with Gasteiger partial charge in [-0.15, -0.1) is 23.4 Å². The number of carbonyl (C=O) groups excluding carboxylic acids is 2. The molecule has 3 fully saturated rings. The number of nitrogens with zero attached hydrogens (tertiary/aromatic N) is 1. The Labute approximate surface area is 202 Å². The van der Waals surface area contributed by atoms with Crippen LogP contribution in [0.1, 0.15) is 13.8 Å². The number of nitrogens with one attached hydrogen (secondary N) is 3. The molecule has 0 radical (unpaired) electrons.